The van der Waals surface area contributed by atoms with Crippen LogP contribution in [0.4, 0.5) is 0 Å². The lowest BCUT2D eigenvalue weighted by Crippen LogP contribution is -2.03. The minimum absolute atomic E-state index is 0.963. The summed E-state index contributed by atoms with van der Waals surface area (Å²) in [6.07, 6.45) is 1.86. The van der Waals surface area contributed by atoms with E-state index in [0.29, 0.717) is 0 Å². The first kappa shape index (κ1) is 33.7. The number of aromatic nitrogens is 2. The van der Waals surface area contributed by atoms with Gasteiger partial charge in [-0.2, -0.15) is 0 Å². The Hall–Kier alpha value is -3.78. The number of hydrogen-bond donors (Lipinski definition) is 0. The van der Waals surface area contributed by atoms with Crippen LogP contribution < -0.4 is 0 Å². The van der Waals surface area contributed by atoms with Crippen molar-refractivity contribution in [3.05, 3.63) is 92.7 Å². The zero-order valence-electron chi connectivity index (χ0n) is 29.4. The standard InChI is InChI=1S/C35H34N2.3C2H6/c1-17-18(2)20(4)31-25(9)33-23(7)29(21(5)22(6)32(33)24(8)30(31)19(17)3)28-15-14-27-13-12-26-11-10-16-36-34(26)35(27)37-28;3*1-2/h10-16H,1-9H3;3*1-2H3. The number of rotatable bonds is 1. The lowest BCUT2D eigenvalue weighted by molar-refractivity contribution is 1.24. The summed E-state index contributed by atoms with van der Waals surface area (Å²) in [5.41, 5.74) is 16.6. The van der Waals surface area contributed by atoms with Crippen LogP contribution in [-0.2, 0) is 0 Å². The van der Waals surface area contributed by atoms with E-state index in [1.54, 1.807) is 0 Å². The summed E-state index contributed by atoms with van der Waals surface area (Å²) in [5, 5.41) is 7.88. The highest BCUT2D eigenvalue weighted by atomic mass is 14.8. The predicted molar refractivity (Wildman–Crippen MR) is 194 cm³/mol. The Labute approximate surface area is 260 Å². The molecule has 6 aromatic rings. The second-order valence-electron chi connectivity index (χ2n) is 10.9. The zero-order chi connectivity index (χ0) is 32.3. The third-order valence-corrected chi connectivity index (χ3v) is 9.19. The average molecular weight is 573 g/mol. The maximum atomic E-state index is 5.25. The van der Waals surface area contributed by atoms with Crippen LogP contribution in [0.25, 0.3) is 54.6 Å². The van der Waals surface area contributed by atoms with Crippen LogP contribution in [0.1, 0.15) is 91.6 Å². The summed E-state index contributed by atoms with van der Waals surface area (Å²) in [7, 11) is 0. The van der Waals surface area contributed by atoms with Crippen LogP contribution in [0.15, 0.2) is 42.6 Å². The van der Waals surface area contributed by atoms with Gasteiger partial charge in [0.05, 0.1) is 16.7 Å². The number of aryl methyl sites for hydroxylation is 6. The van der Waals surface area contributed by atoms with Crippen molar-refractivity contribution in [2.75, 3.05) is 0 Å². The maximum Gasteiger partial charge on any atom is 0.0972 e. The minimum atomic E-state index is 0.963. The molecule has 2 aromatic heterocycles. The van der Waals surface area contributed by atoms with Gasteiger partial charge in [0.1, 0.15) is 0 Å². The summed E-state index contributed by atoms with van der Waals surface area (Å²) in [5.74, 6) is 0. The molecule has 2 heteroatoms. The van der Waals surface area contributed by atoms with E-state index >= 15 is 0 Å². The summed E-state index contributed by atoms with van der Waals surface area (Å²) in [6, 6.07) is 12.8. The lowest BCUT2D eigenvalue weighted by Gasteiger charge is -2.25. The van der Waals surface area contributed by atoms with Crippen LogP contribution in [0.3, 0.4) is 0 Å². The van der Waals surface area contributed by atoms with E-state index in [0.717, 1.165) is 27.5 Å². The van der Waals surface area contributed by atoms with E-state index in [-0.39, 0.29) is 0 Å². The van der Waals surface area contributed by atoms with Gasteiger partial charge in [0.2, 0.25) is 0 Å². The molecule has 0 aliphatic heterocycles. The van der Waals surface area contributed by atoms with Gasteiger partial charge in [-0.15, -0.1) is 0 Å². The first-order valence-corrected chi connectivity index (χ1v) is 16.2. The Balaban J connectivity index is 0.000000796. The fourth-order valence-corrected chi connectivity index (χ4v) is 6.84. The molecule has 2 nitrogen and oxygen atoms in total. The van der Waals surface area contributed by atoms with Crippen molar-refractivity contribution >= 4 is 43.4 Å². The molecule has 0 fully saturated rings. The van der Waals surface area contributed by atoms with Crippen LogP contribution >= 0.6 is 0 Å². The number of fused-ring (bicyclic) bond motifs is 5. The fraction of sp³-hybridized carbons (Fsp3) is 0.366. The van der Waals surface area contributed by atoms with Gasteiger partial charge in [-0.1, -0.05) is 65.8 Å². The third-order valence-electron chi connectivity index (χ3n) is 9.19. The third kappa shape index (κ3) is 5.30. The van der Waals surface area contributed by atoms with Crippen molar-refractivity contribution < 1.29 is 0 Å². The minimum Gasteiger partial charge on any atom is -0.254 e. The first-order chi connectivity index (χ1) is 20.6. The molecule has 0 aliphatic carbocycles. The van der Waals surface area contributed by atoms with E-state index in [1.807, 2.05) is 53.8 Å². The normalized spacial score (nSPS) is 10.7. The second-order valence-corrected chi connectivity index (χ2v) is 10.9. The van der Waals surface area contributed by atoms with Gasteiger partial charge in [0.15, 0.2) is 0 Å². The molecule has 0 saturated carbocycles. The molecule has 0 spiro atoms. The summed E-state index contributed by atoms with van der Waals surface area (Å²) in [4.78, 5) is 9.94. The second kappa shape index (κ2) is 13.7. The zero-order valence-corrected chi connectivity index (χ0v) is 29.4. The van der Waals surface area contributed by atoms with E-state index in [4.69, 9.17) is 4.98 Å². The molecule has 0 saturated heterocycles. The average Bonchev–Trinajstić information content (AvgIpc) is 3.05. The van der Waals surface area contributed by atoms with Crippen molar-refractivity contribution in [2.24, 2.45) is 0 Å². The van der Waals surface area contributed by atoms with Gasteiger partial charge < -0.3 is 0 Å². The number of nitrogens with zero attached hydrogens (tertiary/aromatic N) is 2. The molecule has 4 aromatic carbocycles. The maximum absolute atomic E-state index is 5.25. The molecule has 2 heterocycles. The van der Waals surface area contributed by atoms with Crippen LogP contribution in [0, 0.1) is 62.3 Å². The monoisotopic (exact) mass is 572 g/mol. The van der Waals surface area contributed by atoms with E-state index < -0.39 is 0 Å². The van der Waals surface area contributed by atoms with Crippen molar-refractivity contribution in [1.29, 1.82) is 0 Å². The molecule has 0 N–H and O–H groups in total. The highest BCUT2D eigenvalue weighted by Crippen LogP contribution is 2.44. The van der Waals surface area contributed by atoms with Gasteiger partial charge in [0.25, 0.3) is 0 Å². The summed E-state index contributed by atoms with van der Waals surface area (Å²) >= 11 is 0. The number of pyridine rings is 2. The van der Waals surface area contributed by atoms with E-state index in [2.05, 4.69) is 97.6 Å². The molecule has 43 heavy (non-hydrogen) atoms. The van der Waals surface area contributed by atoms with E-state index in [1.165, 1.54) is 77.2 Å². The van der Waals surface area contributed by atoms with Gasteiger partial charge in [0, 0.05) is 22.5 Å². The molecule has 0 atom stereocenters. The fourth-order valence-electron chi connectivity index (χ4n) is 6.84. The van der Waals surface area contributed by atoms with Crippen LogP contribution in [0.2, 0.25) is 0 Å². The number of hydrogen-bond acceptors (Lipinski definition) is 2. The lowest BCUT2D eigenvalue weighted by atomic mass is 9.79. The van der Waals surface area contributed by atoms with Crippen molar-refractivity contribution in [3.8, 4) is 11.3 Å². The molecular weight excluding hydrogens is 520 g/mol. The van der Waals surface area contributed by atoms with Gasteiger partial charge in [-0.3, -0.25) is 4.98 Å². The summed E-state index contributed by atoms with van der Waals surface area (Å²) < 4.78 is 0. The first-order valence-electron chi connectivity index (χ1n) is 16.2. The molecule has 0 amide bonds. The molecule has 0 radical (unpaired) electrons. The summed E-state index contributed by atoms with van der Waals surface area (Å²) in [6.45, 7) is 32.6. The Kier molecular flexibility index (Phi) is 10.7. The smallest absolute Gasteiger partial charge is 0.0972 e. The molecule has 226 valence electrons. The van der Waals surface area contributed by atoms with Gasteiger partial charge in [-0.25, -0.2) is 4.98 Å². The molecule has 0 unspecified atom stereocenters. The highest BCUT2D eigenvalue weighted by Gasteiger charge is 2.22. The Morgan fingerprint density at radius 1 is 0.395 bits per heavy atom. The largest absolute Gasteiger partial charge is 0.254 e. The predicted octanol–water partition coefficient (Wildman–Crippen LogP) is 12.6. The Morgan fingerprint density at radius 2 is 0.814 bits per heavy atom. The Morgan fingerprint density at radius 3 is 1.33 bits per heavy atom. The van der Waals surface area contributed by atoms with Crippen LogP contribution in [0.5, 0.6) is 0 Å². The van der Waals surface area contributed by atoms with Crippen molar-refractivity contribution in [2.45, 2.75) is 104 Å². The quantitative estimate of drug-likeness (QED) is 0.145. The SMILES string of the molecule is CC.CC.CC.Cc1c(C)c(C)c2c(C)c3c(C)c(-c4ccc5ccc6cccnc6c5n4)c(C)c(C)c3c(C)c2c1C. The van der Waals surface area contributed by atoms with E-state index in [9.17, 15) is 0 Å². The van der Waals surface area contributed by atoms with Gasteiger partial charge >= 0.3 is 0 Å². The van der Waals surface area contributed by atoms with Gasteiger partial charge in [-0.05, 0) is 146 Å². The molecule has 0 bridgehead atoms. The molecular formula is C41H52N2. The highest BCUT2D eigenvalue weighted by molar-refractivity contribution is 6.12. The van der Waals surface area contributed by atoms with Crippen molar-refractivity contribution in [3.63, 3.8) is 0 Å². The number of benzene rings is 4. The molecule has 6 rings (SSSR count). The topological polar surface area (TPSA) is 25.8 Å². The molecule has 0 aliphatic rings. The van der Waals surface area contributed by atoms with Crippen molar-refractivity contribution in [1.82, 2.24) is 9.97 Å². The van der Waals surface area contributed by atoms with Crippen LogP contribution in [-0.4, -0.2) is 9.97 Å². The Bertz CT molecular complexity index is 1960.